The molecule has 1 unspecified atom stereocenters. The maximum Gasteiger partial charge on any atom is 0.361 e. The summed E-state index contributed by atoms with van der Waals surface area (Å²) in [6.45, 7) is 0. The molecule has 4 nitrogen and oxygen atoms in total. The van der Waals surface area contributed by atoms with Gasteiger partial charge in [-0.15, -0.1) is 4.31 Å². The van der Waals surface area contributed by atoms with Gasteiger partial charge < -0.3 is 5.32 Å². The van der Waals surface area contributed by atoms with Crippen LogP contribution in [0.2, 0.25) is 0 Å². The highest BCUT2D eigenvalue weighted by molar-refractivity contribution is 7.38. The number of rotatable bonds is 1. The third kappa shape index (κ3) is 1.66. The van der Waals surface area contributed by atoms with Crippen LogP contribution in [0.3, 0.4) is 0 Å². The van der Waals surface area contributed by atoms with Crippen molar-refractivity contribution >= 4 is 26.9 Å². The third-order valence-corrected chi connectivity index (χ3v) is 4.03. The Labute approximate surface area is 90.6 Å². The molecule has 1 aromatic heterocycles. The molecule has 1 heterocycles. The van der Waals surface area contributed by atoms with Crippen molar-refractivity contribution < 1.29 is 4.79 Å². The maximum atomic E-state index is 11.5. The van der Waals surface area contributed by atoms with Crippen LogP contribution in [-0.2, 0) is 0 Å². The fourth-order valence-corrected chi connectivity index (χ4v) is 2.96. The molecule has 1 aromatic carbocycles. The van der Waals surface area contributed by atoms with Gasteiger partial charge >= 0.3 is 6.03 Å². The standard InChI is InChI=1S/C10H11N3OS/c1-11-10(14)13(2)15-7-12-8-5-3-4-6-9(8)15/h3-7H,1-2H3/p+1. The van der Waals surface area contributed by atoms with Crippen LogP contribution in [0.1, 0.15) is 0 Å². The molecule has 0 spiro atoms. The third-order valence-electron chi connectivity index (χ3n) is 2.18. The smallest absolute Gasteiger partial charge is 0.338 e. The summed E-state index contributed by atoms with van der Waals surface area (Å²) in [4.78, 5) is 15.8. The van der Waals surface area contributed by atoms with Gasteiger partial charge in [-0.3, -0.25) is 0 Å². The summed E-state index contributed by atoms with van der Waals surface area (Å²) in [7, 11) is 3.05. The first-order valence-electron chi connectivity index (χ1n) is 4.56. The van der Waals surface area contributed by atoms with E-state index in [9.17, 15) is 4.79 Å². The van der Waals surface area contributed by atoms with Gasteiger partial charge in [0.25, 0.3) is 5.51 Å². The van der Waals surface area contributed by atoms with E-state index in [2.05, 4.69) is 10.3 Å². The van der Waals surface area contributed by atoms with E-state index < -0.39 is 0 Å². The van der Waals surface area contributed by atoms with Gasteiger partial charge in [0.05, 0.1) is 7.05 Å². The molecule has 0 aliphatic heterocycles. The number of urea groups is 1. The van der Waals surface area contributed by atoms with Gasteiger partial charge in [0.15, 0.2) is 0 Å². The lowest BCUT2D eigenvalue weighted by Crippen LogP contribution is -2.33. The Hall–Kier alpha value is -1.62. The van der Waals surface area contributed by atoms with E-state index in [0.717, 1.165) is 10.2 Å². The second-order valence-electron chi connectivity index (χ2n) is 3.07. The predicted molar refractivity (Wildman–Crippen MR) is 62.8 cm³/mol. The van der Waals surface area contributed by atoms with Crippen molar-refractivity contribution in [3.63, 3.8) is 0 Å². The van der Waals surface area contributed by atoms with E-state index in [1.165, 1.54) is 0 Å². The molecule has 0 saturated carbocycles. The van der Waals surface area contributed by atoms with Crippen molar-refractivity contribution in [1.29, 1.82) is 0 Å². The number of fused-ring (bicyclic) bond motifs is 1. The Morgan fingerprint density at radius 1 is 1.47 bits per heavy atom. The summed E-state index contributed by atoms with van der Waals surface area (Å²) in [6, 6.07) is 7.77. The zero-order chi connectivity index (χ0) is 10.8. The number of nitrogens with zero attached hydrogens (tertiary/aromatic N) is 2. The van der Waals surface area contributed by atoms with Gasteiger partial charge in [-0.1, -0.05) is 12.1 Å². The molecule has 1 N–H and O–H groups in total. The minimum atomic E-state index is -0.347. The average molecular weight is 222 g/mol. The van der Waals surface area contributed by atoms with E-state index in [1.807, 2.05) is 29.8 Å². The highest BCUT2D eigenvalue weighted by Gasteiger charge is 2.23. The lowest BCUT2D eigenvalue weighted by Gasteiger charge is -2.05. The summed E-state index contributed by atoms with van der Waals surface area (Å²) < 4.78 is 2.76. The Bertz CT molecular complexity index is 494. The van der Waals surface area contributed by atoms with E-state index in [0.29, 0.717) is 0 Å². The SMILES string of the molecule is CNC(=O)N(C)[s+]1cnc2ccccc21. The van der Waals surface area contributed by atoms with Crippen LogP contribution in [0.4, 0.5) is 4.79 Å². The normalized spacial score (nSPS) is 11.5. The zero-order valence-electron chi connectivity index (χ0n) is 8.60. The number of nitrogens with one attached hydrogen (secondary N) is 1. The van der Waals surface area contributed by atoms with Crippen molar-refractivity contribution in [2.24, 2.45) is 0 Å². The van der Waals surface area contributed by atoms with E-state index in [4.69, 9.17) is 0 Å². The van der Waals surface area contributed by atoms with Crippen molar-refractivity contribution in [3.8, 4) is 0 Å². The average Bonchev–Trinajstić information content (AvgIpc) is 2.70. The van der Waals surface area contributed by atoms with Crippen molar-refractivity contribution in [2.45, 2.75) is 0 Å². The summed E-state index contributed by atoms with van der Waals surface area (Å²) in [5.41, 5.74) is 2.77. The molecule has 0 aliphatic carbocycles. The molecule has 5 heteroatoms. The molecule has 2 aromatic rings. The molecule has 2 rings (SSSR count). The van der Waals surface area contributed by atoms with E-state index >= 15 is 0 Å². The molecule has 0 bridgehead atoms. The van der Waals surface area contributed by atoms with Crippen molar-refractivity contribution in [2.75, 3.05) is 18.4 Å². The topological polar surface area (TPSA) is 45.2 Å². The fraction of sp³-hybridized carbons (Fsp3) is 0.200. The van der Waals surface area contributed by atoms with Crippen LogP contribution in [0, 0.1) is 0 Å². The van der Waals surface area contributed by atoms with Crippen LogP contribution in [0.5, 0.6) is 0 Å². The Morgan fingerprint density at radius 2 is 2.20 bits per heavy atom. The predicted octanol–water partition coefficient (Wildman–Crippen LogP) is 1.89. The lowest BCUT2D eigenvalue weighted by atomic mass is 10.3. The lowest BCUT2D eigenvalue weighted by molar-refractivity contribution is 0.250. The van der Waals surface area contributed by atoms with Crippen molar-refractivity contribution in [1.82, 2.24) is 10.3 Å². The summed E-state index contributed by atoms with van der Waals surface area (Å²) in [5, 5.41) is 2.60. The second-order valence-corrected chi connectivity index (χ2v) is 4.90. The quantitative estimate of drug-likeness (QED) is 0.749. The van der Waals surface area contributed by atoms with Crippen LogP contribution in [-0.4, -0.2) is 25.1 Å². The molecular weight excluding hydrogens is 210 g/mol. The molecule has 78 valence electrons. The largest absolute Gasteiger partial charge is 0.361 e. The number of hydrogen-bond donors (Lipinski definition) is 1. The highest BCUT2D eigenvalue weighted by atomic mass is 32.2. The van der Waals surface area contributed by atoms with Gasteiger partial charge in [-0.05, 0) is 6.07 Å². The Balaban J connectivity index is 2.48. The fourth-order valence-electron chi connectivity index (χ4n) is 1.37. The first kappa shape index (κ1) is 9.92. The Morgan fingerprint density at radius 3 is 2.93 bits per heavy atom. The number of carbonyl (C=O) groups is 1. The number of hydrogen-bond acceptors (Lipinski definition) is 2. The molecule has 0 saturated heterocycles. The van der Waals surface area contributed by atoms with Gasteiger partial charge in [0, 0.05) is 13.1 Å². The summed E-state index contributed by atoms with van der Waals surface area (Å²) in [5.74, 6) is 0. The van der Waals surface area contributed by atoms with Gasteiger partial charge in [0.1, 0.15) is 16.2 Å². The number of benzene rings is 1. The summed E-state index contributed by atoms with van der Waals surface area (Å²) in [6.07, 6.45) is 0. The molecule has 0 fully saturated rings. The maximum absolute atomic E-state index is 11.5. The van der Waals surface area contributed by atoms with Gasteiger partial charge in [0.2, 0.25) is 4.70 Å². The molecule has 0 aliphatic rings. The van der Waals surface area contributed by atoms with Crippen LogP contribution < -0.4 is 9.62 Å². The van der Waals surface area contributed by atoms with Crippen LogP contribution in [0.15, 0.2) is 29.8 Å². The molecule has 0 radical (unpaired) electrons. The van der Waals surface area contributed by atoms with E-state index in [-0.39, 0.29) is 16.7 Å². The first-order chi connectivity index (χ1) is 7.24. The van der Waals surface area contributed by atoms with E-state index in [1.54, 1.807) is 18.4 Å². The van der Waals surface area contributed by atoms with Crippen LogP contribution in [0.25, 0.3) is 10.2 Å². The van der Waals surface area contributed by atoms with Gasteiger partial charge in [-0.25, -0.2) is 4.79 Å². The Kier molecular flexibility index (Phi) is 2.55. The minimum Gasteiger partial charge on any atom is -0.338 e. The monoisotopic (exact) mass is 222 g/mol. The minimum absolute atomic E-state index is 0.0958. The number of thiazole rings is 1. The number of carbonyl (C=O) groups excluding carboxylic acids is 1. The number of para-hydroxylation sites is 1. The van der Waals surface area contributed by atoms with Crippen molar-refractivity contribution in [3.05, 3.63) is 29.8 Å². The zero-order valence-corrected chi connectivity index (χ0v) is 9.41. The molecule has 2 amide bonds. The number of aromatic nitrogens is 1. The summed E-state index contributed by atoms with van der Waals surface area (Å²) >= 11 is 0. The second kappa shape index (κ2) is 3.86. The molecular formula is C10H12N3OS+. The van der Waals surface area contributed by atoms with Crippen LogP contribution >= 0.6 is 10.7 Å². The number of amides is 2. The highest BCUT2D eigenvalue weighted by Crippen LogP contribution is 2.29. The molecule has 1 atom stereocenters. The molecule has 15 heavy (non-hydrogen) atoms. The first-order valence-corrected chi connectivity index (χ1v) is 5.80. The van der Waals surface area contributed by atoms with Gasteiger partial charge in [-0.2, -0.15) is 4.98 Å².